The maximum atomic E-state index is 13.9. The van der Waals surface area contributed by atoms with Gasteiger partial charge in [0.25, 0.3) is 0 Å². The summed E-state index contributed by atoms with van der Waals surface area (Å²) in [6, 6.07) is 16.0. The Morgan fingerprint density at radius 3 is 2.06 bits per heavy atom. The first-order valence-corrected chi connectivity index (χ1v) is 13.9. The summed E-state index contributed by atoms with van der Waals surface area (Å²) in [7, 11) is -3.97. The number of esters is 1. The highest BCUT2D eigenvalue weighted by molar-refractivity contribution is 7.91. The Morgan fingerprint density at radius 1 is 0.914 bits per heavy atom. The molecule has 4 fully saturated rings. The molecule has 0 N–H and O–H groups in total. The van der Waals surface area contributed by atoms with Crippen LogP contribution in [-0.2, 0) is 14.6 Å². The van der Waals surface area contributed by atoms with Crippen molar-refractivity contribution in [2.75, 3.05) is 0 Å². The van der Waals surface area contributed by atoms with Crippen LogP contribution in [0.25, 0.3) is 5.69 Å². The number of hydrogen-bond acceptors (Lipinski definition) is 5. The van der Waals surface area contributed by atoms with Gasteiger partial charge in [0.05, 0.1) is 21.7 Å². The lowest BCUT2D eigenvalue weighted by molar-refractivity contribution is -0.162. The molecule has 4 aliphatic rings. The van der Waals surface area contributed by atoms with E-state index in [0.717, 1.165) is 24.8 Å². The first-order chi connectivity index (χ1) is 16.7. The summed E-state index contributed by atoms with van der Waals surface area (Å²) in [6.45, 7) is 3.57. The number of para-hydroxylation sites is 1. The van der Waals surface area contributed by atoms with Crippen LogP contribution in [0.3, 0.4) is 0 Å². The van der Waals surface area contributed by atoms with E-state index >= 15 is 0 Å². The Morgan fingerprint density at radius 2 is 1.49 bits per heavy atom. The van der Waals surface area contributed by atoms with Gasteiger partial charge in [-0.15, -0.1) is 0 Å². The van der Waals surface area contributed by atoms with Gasteiger partial charge in [-0.05, 0) is 94.4 Å². The third-order valence-electron chi connectivity index (χ3n) is 8.23. The molecule has 6 nitrogen and oxygen atoms in total. The summed E-state index contributed by atoms with van der Waals surface area (Å²) < 4.78 is 35.3. The first-order valence-electron chi connectivity index (χ1n) is 12.4. The van der Waals surface area contributed by atoms with Crippen molar-refractivity contribution in [1.82, 2.24) is 9.78 Å². The van der Waals surface area contributed by atoms with Gasteiger partial charge in [-0.3, -0.25) is 4.79 Å². The first kappa shape index (κ1) is 22.5. The van der Waals surface area contributed by atoms with Gasteiger partial charge in [-0.2, -0.15) is 9.78 Å². The van der Waals surface area contributed by atoms with E-state index < -0.39 is 15.3 Å². The van der Waals surface area contributed by atoms with Crippen molar-refractivity contribution in [2.45, 2.75) is 62.2 Å². The summed E-state index contributed by atoms with van der Waals surface area (Å²) in [5.41, 5.74) is 1.41. The molecule has 2 aromatic carbocycles. The third-order valence-corrected chi connectivity index (χ3v) is 10.1. The lowest BCUT2D eigenvalue weighted by Gasteiger charge is -2.55. The second-order valence-electron chi connectivity index (χ2n) is 10.9. The number of benzene rings is 2. The molecule has 0 aliphatic heterocycles. The fourth-order valence-corrected chi connectivity index (χ4v) is 8.54. The van der Waals surface area contributed by atoms with E-state index in [-0.39, 0.29) is 21.6 Å². The monoisotopic (exact) mass is 490 g/mol. The van der Waals surface area contributed by atoms with Crippen molar-refractivity contribution in [2.24, 2.45) is 23.2 Å². The van der Waals surface area contributed by atoms with Crippen LogP contribution in [0.1, 0.15) is 49.8 Å². The molecule has 1 aromatic heterocycles. The second kappa shape index (κ2) is 8.05. The number of carbonyl (C=O) groups is 1. The number of ether oxygens (including phenoxy) is 1. The normalized spacial score (nSPS) is 27.2. The van der Waals surface area contributed by atoms with E-state index in [2.05, 4.69) is 5.10 Å². The number of carbonyl (C=O) groups excluding carboxylic acids is 1. The molecule has 0 amide bonds. The number of nitrogens with zero attached hydrogens (tertiary/aromatic N) is 2. The molecule has 0 saturated heterocycles. The standard InChI is InChI=1S/C28H30N2O4S/c1-18-8-10-24(11-9-18)35(32,33)25-19(2)29-30(23-6-4-3-5-7-23)26(25)34-27(31)28-15-20-12-21(16-28)14-22(13-20)17-28/h3-11,20-22H,12-17H2,1-2H3. The predicted octanol–water partition coefficient (Wildman–Crippen LogP) is 5.44. The summed E-state index contributed by atoms with van der Waals surface area (Å²) in [6.07, 6.45) is 6.16. The topological polar surface area (TPSA) is 78.3 Å². The largest absolute Gasteiger partial charge is 0.405 e. The molecule has 0 unspecified atom stereocenters. The molecule has 4 bridgehead atoms. The number of hydrogen-bond donors (Lipinski definition) is 0. The van der Waals surface area contributed by atoms with Crippen molar-refractivity contribution in [3.8, 4) is 11.6 Å². The third kappa shape index (κ3) is 3.71. The van der Waals surface area contributed by atoms with Crippen molar-refractivity contribution >= 4 is 15.8 Å². The molecule has 4 saturated carbocycles. The summed E-state index contributed by atoms with van der Waals surface area (Å²) in [4.78, 5) is 14.0. The lowest BCUT2D eigenvalue weighted by Crippen LogP contribution is -2.51. The minimum absolute atomic E-state index is 0.00461. The van der Waals surface area contributed by atoms with Gasteiger partial charge in [0.1, 0.15) is 0 Å². The summed E-state index contributed by atoms with van der Waals surface area (Å²) in [5, 5.41) is 4.55. The second-order valence-corrected chi connectivity index (χ2v) is 12.8. The Labute approximate surface area is 206 Å². The van der Waals surface area contributed by atoms with Crippen LogP contribution < -0.4 is 4.74 Å². The summed E-state index contributed by atoms with van der Waals surface area (Å²) >= 11 is 0. The van der Waals surface area contributed by atoms with E-state index in [1.54, 1.807) is 31.2 Å². The fraction of sp³-hybridized carbons (Fsp3) is 0.429. The molecule has 0 atom stereocenters. The zero-order valence-electron chi connectivity index (χ0n) is 20.1. The van der Waals surface area contributed by atoms with E-state index in [9.17, 15) is 13.2 Å². The Hall–Kier alpha value is -2.93. The predicted molar refractivity (Wildman–Crippen MR) is 131 cm³/mol. The molecule has 182 valence electrons. The summed E-state index contributed by atoms with van der Waals surface area (Å²) in [5.74, 6) is 1.42. The van der Waals surface area contributed by atoms with Crippen LogP contribution in [0.5, 0.6) is 5.88 Å². The lowest BCUT2D eigenvalue weighted by atomic mass is 9.49. The highest BCUT2D eigenvalue weighted by Crippen LogP contribution is 2.60. The number of aromatic nitrogens is 2. The van der Waals surface area contributed by atoms with Crippen LogP contribution in [0.4, 0.5) is 0 Å². The van der Waals surface area contributed by atoms with E-state index in [1.165, 1.54) is 23.9 Å². The van der Waals surface area contributed by atoms with Gasteiger partial charge in [0, 0.05) is 0 Å². The SMILES string of the molecule is Cc1ccc(S(=O)(=O)c2c(C)nn(-c3ccccc3)c2OC(=O)C23CC4CC(CC(C4)C2)C3)cc1. The van der Waals surface area contributed by atoms with Gasteiger partial charge in [0.2, 0.25) is 15.7 Å². The highest BCUT2D eigenvalue weighted by atomic mass is 32.2. The zero-order valence-corrected chi connectivity index (χ0v) is 20.9. The maximum absolute atomic E-state index is 13.9. The quantitative estimate of drug-likeness (QED) is 0.445. The van der Waals surface area contributed by atoms with Gasteiger partial charge < -0.3 is 4.74 Å². The van der Waals surface area contributed by atoms with Crippen molar-refractivity contribution in [3.05, 3.63) is 65.9 Å². The molecule has 0 spiro atoms. The average molecular weight is 491 g/mol. The smallest absolute Gasteiger partial charge is 0.318 e. The molecular formula is C28H30N2O4S. The maximum Gasteiger partial charge on any atom is 0.318 e. The molecule has 3 aromatic rings. The van der Waals surface area contributed by atoms with Crippen molar-refractivity contribution < 1.29 is 17.9 Å². The van der Waals surface area contributed by atoms with Crippen LogP contribution >= 0.6 is 0 Å². The van der Waals surface area contributed by atoms with Gasteiger partial charge in [-0.1, -0.05) is 35.9 Å². The molecule has 0 radical (unpaired) electrons. The zero-order chi connectivity index (χ0) is 24.4. The minimum Gasteiger partial charge on any atom is -0.405 e. The van der Waals surface area contributed by atoms with Crippen molar-refractivity contribution in [3.63, 3.8) is 0 Å². The Bertz CT molecular complexity index is 1360. The Balaban J connectivity index is 1.46. The molecule has 7 rings (SSSR count). The molecule has 35 heavy (non-hydrogen) atoms. The highest BCUT2D eigenvalue weighted by Gasteiger charge is 2.56. The van der Waals surface area contributed by atoms with Gasteiger partial charge in [-0.25, -0.2) is 8.42 Å². The average Bonchev–Trinajstić information content (AvgIpc) is 3.15. The van der Waals surface area contributed by atoms with E-state index in [4.69, 9.17) is 4.74 Å². The number of aryl methyl sites for hydroxylation is 2. The molecular weight excluding hydrogens is 460 g/mol. The van der Waals surface area contributed by atoms with E-state index in [0.29, 0.717) is 29.1 Å². The minimum atomic E-state index is -3.97. The van der Waals surface area contributed by atoms with Gasteiger partial charge in [0.15, 0.2) is 4.90 Å². The fourth-order valence-electron chi connectivity index (χ4n) is 7.03. The molecule has 1 heterocycles. The van der Waals surface area contributed by atoms with E-state index in [1.807, 2.05) is 37.3 Å². The Kier molecular flexibility index (Phi) is 5.18. The van der Waals surface area contributed by atoms with Crippen LogP contribution in [-0.4, -0.2) is 24.2 Å². The molecule has 4 aliphatic carbocycles. The van der Waals surface area contributed by atoms with Crippen LogP contribution in [0.2, 0.25) is 0 Å². The van der Waals surface area contributed by atoms with Gasteiger partial charge >= 0.3 is 5.97 Å². The number of sulfone groups is 1. The van der Waals surface area contributed by atoms with Crippen LogP contribution in [0, 0.1) is 37.0 Å². The molecule has 7 heteroatoms. The van der Waals surface area contributed by atoms with Crippen LogP contribution in [0.15, 0.2) is 64.4 Å². The number of rotatable bonds is 5. The van der Waals surface area contributed by atoms with Crippen molar-refractivity contribution in [1.29, 1.82) is 0 Å².